The summed E-state index contributed by atoms with van der Waals surface area (Å²) in [6, 6.07) is 11.4. The van der Waals surface area contributed by atoms with Gasteiger partial charge in [0, 0.05) is 12.6 Å². The molecule has 80 valence electrons. The first-order valence-corrected chi connectivity index (χ1v) is 5.77. The van der Waals surface area contributed by atoms with Crippen molar-refractivity contribution in [3.8, 4) is 0 Å². The average Bonchev–Trinajstić information content (AvgIpc) is 2.62. The molecule has 1 aliphatic rings. The molecule has 15 heavy (non-hydrogen) atoms. The Hall–Kier alpha value is -1.08. The molecule has 1 unspecified atom stereocenters. The summed E-state index contributed by atoms with van der Waals surface area (Å²) in [6.45, 7) is 8.62. The van der Waals surface area contributed by atoms with E-state index in [2.05, 4.69) is 48.7 Å². The van der Waals surface area contributed by atoms with E-state index in [1.165, 1.54) is 24.1 Å². The number of nitrogens with zero attached hydrogens (tertiary/aromatic N) is 1. The minimum Gasteiger partial charge on any atom is -0.292 e. The zero-order valence-electron chi connectivity index (χ0n) is 9.45. The van der Waals surface area contributed by atoms with E-state index in [0.717, 1.165) is 13.0 Å². The fourth-order valence-corrected chi connectivity index (χ4v) is 2.39. The van der Waals surface area contributed by atoms with Gasteiger partial charge in [0.2, 0.25) is 0 Å². The van der Waals surface area contributed by atoms with Gasteiger partial charge in [-0.3, -0.25) is 4.90 Å². The molecule has 0 amide bonds. The van der Waals surface area contributed by atoms with E-state index >= 15 is 0 Å². The SMILES string of the molecule is C=C1CC(c2ccccc2)N(CCC)C1. The number of likely N-dealkylation sites (tertiary alicyclic amines) is 1. The molecule has 1 aromatic rings. The third-order valence-corrected chi connectivity index (χ3v) is 3.04. The number of benzene rings is 1. The summed E-state index contributed by atoms with van der Waals surface area (Å²) in [6.07, 6.45) is 2.35. The zero-order chi connectivity index (χ0) is 10.7. The minimum absolute atomic E-state index is 0.568. The first-order valence-electron chi connectivity index (χ1n) is 5.77. The van der Waals surface area contributed by atoms with Crippen LogP contribution in [0.1, 0.15) is 31.4 Å². The smallest absolute Gasteiger partial charge is 0.0388 e. The highest BCUT2D eigenvalue weighted by Crippen LogP contribution is 2.33. The molecule has 0 spiro atoms. The second-order valence-electron chi connectivity index (χ2n) is 4.35. The van der Waals surface area contributed by atoms with E-state index in [4.69, 9.17) is 0 Å². The summed E-state index contributed by atoms with van der Waals surface area (Å²) in [4.78, 5) is 2.54. The maximum atomic E-state index is 4.12. The van der Waals surface area contributed by atoms with Crippen molar-refractivity contribution in [2.75, 3.05) is 13.1 Å². The Kier molecular flexibility index (Phi) is 3.22. The highest BCUT2D eigenvalue weighted by molar-refractivity contribution is 5.24. The van der Waals surface area contributed by atoms with Crippen molar-refractivity contribution < 1.29 is 0 Å². The molecule has 0 saturated carbocycles. The second kappa shape index (κ2) is 4.63. The van der Waals surface area contributed by atoms with Crippen LogP contribution < -0.4 is 0 Å². The van der Waals surface area contributed by atoms with Gasteiger partial charge in [0.15, 0.2) is 0 Å². The van der Waals surface area contributed by atoms with Crippen molar-refractivity contribution in [2.24, 2.45) is 0 Å². The number of hydrogen-bond acceptors (Lipinski definition) is 1. The topological polar surface area (TPSA) is 3.24 Å². The van der Waals surface area contributed by atoms with E-state index in [1.54, 1.807) is 0 Å². The lowest BCUT2D eigenvalue weighted by molar-refractivity contribution is 0.259. The van der Waals surface area contributed by atoms with E-state index < -0.39 is 0 Å². The predicted octanol–water partition coefficient (Wildman–Crippen LogP) is 3.40. The zero-order valence-corrected chi connectivity index (χ0v) is 9.45. The van der Waals surface area contributed by atoms with Crippen LogP contribution >= 0.6 is 0 Å². The van der Waals surface area contributed by atoms with Crippen LogP contribution in [0.5, 0.6) is 0 Å². The van der Waals surface area contributed by atoms with Gasteiger partial charge < -0.3 is 0 Å². The van der Waals surface area contributed by atoms with Crippen LogP contribution in [0, 0.1) is 0 Å². The maximum Gasteiger partial charge on any atom is 0.0388 e. The summed E-state index contributed by atoms with van der Waals surface area (Å²) in [5, 5.41) is 0. The van der Waals surface area contributed by atoms with Gasteiger partial charge >= 0.3 is 0 Å². The average molecular weight is 201 g/mol. The maximum absolute atomic E-state index is 4.12. The van der Waals surface area contributed by atoms with E-state index in [-0.39, 0.29) is 0 Å². The lowest BCUT2D eigenvalue weighted by Crippen LogP contribution is -2.23. The number of rotatable bonds is 3. The first kappa shape index (κ1) is 10.4. The molecule has 1 saturated heterocycles. The van der Waals surface area contributed by atoms with Gasteiger partial charge in [0.05, 0.1) is 0 Å². The molecule has 0 radical (unpaired) electrons. The van der Waals surface area contributed by atoms with Gasteiger partial charge in [-0.05, 0) is 24.9 Å². The molecule has 1 nitrogen and oxygen atoms in total. The van der Waals surface area contributed by atoms with Crippen LogP contribution in [0.2, 0.25) is 0 Å². The Bertz CT molecular complexity index is 328. The molecule has 0 aromatic heterocycles. The molecule has 2 rings (SSSR count). The van der Waals surface area contributed by atoms with Gasteiger partial charge in [-0.15, -0.1) is 0 Å². The highest BCUT2D eigenvalue weighted by atomic mass is 15.2. The second-order valence-corrected chi connectivity index (χ2v) is 4.35. The van der Waals surface area contributed by atoms with Gasteiger partial charge in [-0.25, -0.2) is 0 Å². The van der Waals surface area contributed by atoms with Crippen molar-refractivity contribution in [3.63, 3.8) is 0 Å². The first-order chi connectivity index (χ1) is 7.31. The van der Waals surface area contributed by atoms with E-state index in [9.17, 15) is 0 Å². The van der Waals surface area contributed by atoms with Crippen molar-refractivity contribution in [2.45, 2.75) is 25.8 Å². The van der Waals surface area contributed by atoms with Crippen molar-refractivity contribution in [3.05, 3.63) is 48.0 Å². The Morgan fingerprint density at radius 2 is 2.07 bits per heavy atom. The van der Waals surface area contributed by atoms with Crippen LogP contribution in [0.25, 0.3) is 0 Å². The summed E-state index contributed by atoms with van der Waals surface area (Å²) in [5.74, 6) is 0. The van der Waals surface area contributed by atoms with Crippen LogP contribution in [-0.4, -0.2) is 18.0 Å². The lowest BCUT2D eigenvalue weighted by Gasteiger charge is -2.23. The molecule has 1 fully saturated rings. The van der Waals surface area contributed by atoms with Gasteiger partial charge in [0.25, 0.3) is 0 Å². The quantitative estimate of drug-likeness (QED) is 0.677. The molecule has 1 atom stereocenters. The molecule has 0 bridgehead atoms. The van der Waals surface area contributed by atoms with Crippen molar-refractivity contribution in [1.82, 2.24) is 4.90 Å². The van der Waals surface area contributed by atoms with Gasteiger partial charge in [-0.2, -0.15) is 0 Å². The molecular weight excluding hydrogens is 182 g/mol. The van der Waals surface area contributed by atoms with Crippen LogP contribution in [0.15, 0.2) is 42.5 Å². The van der Waals surface area contributed by atoms with Gasteiger partial charge in [-0.1, -0.05) is 49.4 Å². The third kappa shape index (κ3) is 2.29. The van der Waals surface area contributed by atoms with E-state index in [1.807, 2.05) is 0 Å². The predicted molar refractivity (Wildman–Crippen MR) is 64.8 cm³/mol. The van der Waals surface area contributed by atoms with Crippen LogP contribution in [0.4, 0.5) is 0 Å². The number of hydrogen-bond donors (Lipinski definition) is 0. The summed E-state index contributed by atoms with van der Waals surface area (Å²) < 4.78 is 0. The molecule has 0 N–H and O–H groups in total. The highest BCUT2D eigenvalue weighted by Gasteiger charge is 2.26. The molecular formula is C14H19N. The fraction of sp³-hybridized carbons (Fsp3) is 0.429. The normalized spacial score (nSPS) is 22.2. The minimum atomic E-state index is 0.568. The van der Waals surface area contributed by atoms with Crippen molar-refractivity contribution >= 4 is 0 Å². The summed E-state index contributed by atoms with van der Waals surface area (Å²) in [7, 11) is 0. The molecule has 1 heteroatoms. The van der Waals surface area contributed by atoms with Gasteiger partial charge in [0.1, 0.15) is 0 Å². The summed E-state index contributed by atoms with van der Waals surface area (Å²) in [5.41, 5.74) is 2.81. The standard InChI is InChI=1S/C14H19N/c1-3-9-15-11-12(2)10-14(15)13-7-5-4-6-8-13/h4-8,14H,2-3,9-11H2,1H3. The van der Waals surface area contributed by atoms with Crippen molar-refractivity contribution in [1.29, 1.82) is 0 Å². The van der Waals surface area contributed by atoms with Crippen LogP contribution in [-0.2, 0) is 0 Å². The molecule has 1 aromatic carbocycles. The molecule has 0 aliphatic carbocycles. The largest absolute Gasteiger partial charge is 0.292 e. The third-order valence-electron chi connectivity index (χ3n) is 3.04. The van der Waals surface area contributed by atoms with E-state index in [0.29, 0.717) is 6.04 Å². The Morgan fingerprint density at radius 1 is 1.33 bits per heavy atom. The monoisotopic (exact) mass is 201 g/mol. The Balaban J connectivity index is 2.17. The Morgan fingerprint density at radius 3 is 2.73 bits per heavy atom. The molecule has 1 heterocycles. The molecule has 1 aliphatic heterocycles. The fourth-order valence-electron chi connectivity index (χ4n) is 2.39. The Labute approximate surface area is 92.4 Å². The van der Waals surface area contributed by atoms with Crippen LogP contribution in [0.3, 0.4) is 0 Å². The summed E-state index contributed by atoms with van der Waals surface area (Å²) >= 11 is 0. The lowest BCUT2D eigenvalue weighted by atomic mass is 10.0.